The van der Waals surface area contributed by atoms with E-state index in [9.17, 15) is 5.11 Å². The maximum atomic E-state index is 10.1. The summed E-state index contributed by atoms with van der Waals surface area (Å²) in [5, 5.41) is 12.1. The van der Waals surface area contributed by atoms with Crippen molar-refractivity contribution in [3.8, 4) is 5.75 Å². The van der Waals surface area contributed by atoms with Crippen molar-refractivity contribution in [1.82, 2.24) is 0 Å². The van der Waals surface area contributed by atoms with Crippen molar-refractivity contribution in [2.75, 3.05) is 7.11 Å². The van der Waals surface area contributed by atoms with E-state index in [2.05, 4.69) is 0 Å². The molecule has 0 saturated heterocycles. The van der Waals surface area contributed by atoms with Crippen LogP contribution in [-0.4, -0.2) is 12.2 Å². The fourth-order valence-electron chi connectivity index (χ4n) is 1.68. The maximum Gasteiger partial charge on any atom is 0.121 e. The van der Waals surface area contributed by atoms with Crippen LogP contribution in [0.1, 0.15) is 22.1 Å². The van der Waals surface area contributed by atoms with Crippen LogP contribution >= 0.6 is 11.3 Å². The molecule has 1 heterocycles. The third-order valence-corrected chi connectivity index (χ3v) is 3.47. The second kappa shape index (κ2) is 4.68. The van der Waals surface area contributed by atoms with E-state index < -0.39 is 6.10 Å². The number of aryl methyl sites for hydroxylation is 1. The fraction of sp³-hybridized carbons (Fsp3) is 0.231. The maximum absolute atomic E-state index is 10.1. The molecule has 0 spiro atoms. The number of thiophene rings is 1. The van der Waals surface area contributed by atoms with Crippen molar-refractivity contribution < 1.29 is 9.84 Å². The number of rotatable bonds is 3. The minimum atomic E-state index is -0.537. The third-order valence-electron chi connectivity index (χ3n) is 2.55. The Labute approximate surface area is 99.1 Å². The zero-order valence-corrected chi connectivity index (χ0v) is 10.1. The first kappa shape index (κ1) is 11.2. The topological polar surface area (TPSA) is 29.5 Å². The molecular formula is C13H14O2S. The van der Waals surface area contributed by atoms with Gasteiger partial charge in [-0.25, -0.2) is 0 Å². The summed E-state index contributed by atoms with van der Waals surface area (Å²) in [6, 6.07) is 9.63. The first-order valence-corrected chi connectivity index (χ1v) is 5.96. The summed E-state index contributed by atoms with van der Waals surface area (Å²) in [5.74, 6) is 0.849. The van der Waals surface area contributed by atoms with Gasteiger partial charge in [-0.3, -0.25) is 0 Å². The van der Waals surface area contributed by atoms with Crippen molar-refractivity contribution in [2.45, 2.75) is 13.0 Å². The van der Waals surface area contributed by atoms with Crippen molar-refractivity contribution in [1.29, 1.82) is 0 Å². The first-order chi connectivity index (χ1) is 7.72. The zero-order valence-electron chi connectivity index (χ0n) is 9.31. The van der Waals surface area contributed by atoms with Gasteiger partial charge in [0.2, 0.25) is 0 Å². The predicted molar refractivity (Wildman–Crippen MR) is 66.1 cm³/mol. The van der Waals surface area contributed by atoms with Crippen LogP contribution in [0.4, 0.5) is 0 Å². The predicted octanol–water partition coefficient (Wildman–Crippen LogP) is 3.15. The van der Waals surface area contributed by atoms with E-state index >= 15 is 0 Å². The molecule has 0 bridgehead atoms. The average Bonchev–Trinajstić information content (AvgIpc) is 2.81. The number of benzene rings is 1. The molecule has 1 atom stereocenters. The molecule has 0 radical (unpaired) electrons. The smallest absolute Gasteiger partial charge is 0.121 e. The Morgan fingerprint density at radius 2 is 2.12 bits per heavy atom. The van der Waals surface area contributed by atoms with E-state index in [1.807, 2.05) is 42.6 Å². The molecule has 1 aromatic carbocycles. The van der Waals surface area contributed by atoms with Gasteiger partial charge in [0, 0.05) is 4.88 Å². The Morgan fingerprint density at radius 3 is 2.69 bits per heavy atom. The Morgan fingerprint density at radius 1 is 1.31 bits per heavy atom. The van der Waals surface area contributed by atoms with Gasteiger partial charge in [-0.05, 0) is 41.6 Å². The van der Waals surface area contributed by atoms with Crippen molar-refractivity contribution in [3.05, 3.63) is 51.7 Å². The van der Waals surface area contributed by atoms with Crippen molar-refractivity contribution >= 4 is 11.3 Å². The summed E-state index contributed by atoms with van der Waals surface area (Å²) in [7, 11) is 1.65. The van der Waals surface area contributed by atoms with Crippen LogP contribution in [-0.2, 0) is 0 Å². The number of hydrogen-bond acceptors (Lipinski definition) is 3. The Kier molecular flexibility index (Phi) is 3.27. The van der Waals surface area contributed by atoms with Gasteiger partial charge >= 0.3 is 0 Å². The second-order valence-electron chi connectivity index (χ2n) is 3.65. The lowest BCUT2D eigenvalue weighted by atomic mass is 10.0. The lowest BCUT2D eigenvalue weighted by Crippen LogP contribution is -1.98. The number of aliphatic hydroxyl groups is 1. The van der Waals surface area contributed by atoms with E-state index in [1.165, 1.54) is 0 Å². The van der Waals surface area contributed by atoms with Gasteiger partial charge in [0.1, 0.15) is 11.9 Å². The van der Waals surface area contributed by atoms with Crippen LogP contribution in [0.3, 0.4) is 0 Å². The second-order valence-corrected chi connectivity index (χ2v) is 4.63. The highest BCUT2D eigenvalue weighted by Crippen LogP contribution is 2.28. The third kappa shape index (κ3) is 2.10. The molecule has 2 nitrogen and oxygen atoms in total. The molecule has 0 aliphatic heterocycles. The van der Waals surface area contributed by atoms with Gasteiger partial charge in [0.05, 0.1) is 7.11 Å². The number of methoxy groups -OCH3 is 1. The van der Waals surface area contributed by atoms with Gasteiger partial charge in [-0.2, -0.15) is 0 Å². The summed E-state index contributed by atoms with van der Waals surface area (Å²) in [5.41, 5.74) is 1.94. The number of ether oxygens (including phenoxy) is 1. The summed E-state index contributed by atoms with van der Waals surface area (Å²) in [4.78, 5) is 0.963. The summed E-state index contributed by atoms with van der Waals surface area (Å²) in [6.07, 6.45) is -0.537. The Balaban J connectivity index is 2.31. The van der Waals surface area contributed by atoms with E-state index in [4.69, 9.17) is 4.74 Å². The van der Waals surface area contributed by atoms with E-state index in [-0.39, 0.29) is 0 Å². The van der Waals surface area contributed by atoms with Crippen LogP contribution < -0.4 is 4.74 Å². The van der Waals surface area contributed by atoms with Crippen LogP contribution in [0.25, 0.3) is 0 Å². The molecule has 0 aliphatic rings. The lowest BCUT2D eigenvalue weighted by Gasteiger charge is -2.11. The van der Waals surface area contributed by atoms with Crippen molar-refractivity contribution in [3.63, 3.8) is 0 Å². The molecule has 2 rings (SSSR count). The fourth-order valence-corrected chi connectivity index (χ4v) is 2.42. The Bertz CT molecular complexity index is 463. The molecular weight excluding hydrogens is 220 g/mol. The molecule has 2 aromatic rings. The molecule has 0 saturated carbocycles. The largest absolute Gasteiger partial charge is 0.496 e. The van der Waals surface area contributed by atoms with Gasteiger partial charge < -0.3 is 9.84 Å². The van der Waals surface area contributed by atoms with E-state index in [1.54, 1.807) is 18.4 Å². The highest BCUT2D eigenvalue weighted by Gasteiger charge is 2.12. The van der Waals surface area contributed by atoms with E-state index in [0.717, 1.165) is 21.8 Å². The van der Waals surface area contributed by atoms with Crippen LogP contribution in [0, 0.1) is 6.92 Å². The lowest BCUT2D eigenvalue weighted by molar-refractivity contribution is 0.224. The molecule has 3 heteroatoms. The monoisotopic (exact) mass is 234 g/mol. The molecule has 0 aliphatic carbocycles. The summed E-state index contributed by atoms with van der Waals surface area (Å²) < 4.78 is 5.19. The minimum absolute atomic E-state index is 0.537. The van der Waals surface area contributed by atoms with Gasteiger partial charge in [0.15, 0.2) is 0 Å². The SMILES string of the molecule is COc1ccc(C(O)c2cccs2)cc1C. The van der Waals surface area contributed by atoms with Crippen molar-refractivity contribution in [2.24, 2.45) is 0 Å². The number of hydrogen-bond donors (Lipinski definition) is 1. The molecule has 1 unspecified atom stereocenters. The Hall–Kier alpha value is -1.32. The highest BCUT2D eigenvalue weighted by atomic mass is 32.1. The van der Waals surface area contributed by atoms with Crippen LogP contribution in [0.2, 0.25) is 0 Å². The molecule has 84 valence electrons. The van der Waals surface area contributed by atoms with E-state index in [0.29, 0.717) is 0 Å². The zero-order chi connectivity index (χ0) is 11.5. The van der Waals surface area contributed by atoms with Gasteiger partial charge in [-0.1, -0.05) is 12.1 Å². The summed E-state index contributed by atoms with van der Waals surface area (Å²) >= 11 is 1.56. The first-order valence-electron chi connectivity index (χ1n) is 5.08. The molecule has 1 N–H and O–H groups in total. The molecule has 1 aromatic heterocycles. The average molecular weight is 234 g/mol. The molecule has 0 amide bonds. The summed E-state index contributed by atoms with van der Waals surface area (Å²) in [6.45, 7) is 1.98. The molecule has 16 heavy (non-hydrogen) atoms. The quantitative estimate of drug-likeness (QED) is 0.884. The standard InChI is InChI=1S/C13H14O2S/c1-9-8-10(5-6-11(9)15-2)13(14)12-4-3-7-16-12/h3-8,13-14H,1-2H3. The molecule has 0 fully saturated rings. The van der Waals surface area contributed by atoms with Gasteiger partial charge in [-0.15, -0.1) is 11.3 Å². The van der Waals surface area contributed by atoms with Gasteiger partial charge in [0.25, 0.3) is 0 Å². The normalized spacial score (nSPS) is 12.4. The minimum Gasteiger partial charge on any atom is -0.496 e. The van der Waals surface area contributed by atoms with Crippen LogP contribution in [0.15, 0.2) is 35.7 Å². The van der Waals surface area contributed by atoms with Crippen LogP contribution in [0.5, 0.6) is 5.75 Å². The number of aliphatic hydroxyl groups excluding tert-OH is 1. The highest BCUT2D eigenvalue weighted by molar-refractivity contribution is 7.10.